The number of benzene rings is 1. The molecule has 1 saturated heterocycles. The molecule has 0 spiro atoms. The normalized spacial score (nSPS) is 13.6. The molecule has 1 aliphatic rings. The smallest absolute Gasteiger partial charge is 0.325 e. The highest BCUT2D eigenvalue weighted by Gasteiger charge is 2.28. The van der Waals surface area contributed by atoms with Gasteiger partial charge in [0.05, 0.1) is 26.3 Å². The lowest BCUT2D eigenvalue weighted by molar-refractivity contribution is -0.139. The number of nitrogens with one attached hydrogen (secondary N) is 1. The zero-order valence-electron chi connectivity index (χ0n) is 12.3. The monoisotopic (exact) mass is 348 g/mol. The average Bonchev–Trinajstić information content (AvgIpc) is 2.46. The van der Waals surface area contributed by atoms with Crippen LogP contribution < -0.4 is 5.32 Å². The summed E-state index contributed by atoms with van der Waals surface area (Å²) in [6, 6.07) is 5.10. The first-order valence-electron chi connectivity index (χ1n) is 6.52. The third kappa shape index (κ3) is 6.09. The van der Waals surface area contributed by atoms with Crippen molar-refractivity contribution in [2.75, 3.05) is 26.7 Å². The fourth-order valence-electron chi connectivity index (χ4n) is 1.52. The van der Waals surface area contributed by atoms with Crippen LogP contribution in [0.5, 0.6) is 0 Å². The number of carbonyl (C=O) groups is 2. The fourth-order valence-corrected chi connectivity index (χ4v) is 1.93. The number of hydrogen-bond donors (Lipinski definition) is 2. The Kier molecular flexibility index (Phi) is 7.44. The molecule has 0 radical (unpaired) electrons. The summed E-state index contributed by atoms with van der Waals surface area (Å²) in [5, 5.41) is 12.6. The van der Waals surface area contributed by atoms with E-state index in [0.29, 0.717) is 18.1 Å². The number of rotatable bonds is 2. The van der Waals surface area contributed by atoms with Gasteiger partial charge in [-0.25, -0.2) is 4.79 Å². The number of aliphatic hydroxyl groups is 1. The van der Waals surface area contributed by atoms with Crippen LogP contribution in [0.1, 0.15) is 5.56 Å². The lowest BCUT2D eigenvalue weighted by atomic mass is 10.2. The number of amides is 2. The van der Waals surface area contributed by atoms with E-state index in [0.717, 1.165) is 10.6 Å². The Bertz CT molecular complexity index is 534. The molecule has 22 heavy (non-hydrogen) atoms. The molecule has 2 N–H and O–H groups in total. The summed E-state index contributed by atoms with van der Waals surface area (Å²) >= 11 is 11.4. The second-order valence-electron chi connectivity index (χ2n) is 4.69. The van der Waals surface area contributed by atoms with Gasteiger partial charge in [0.2, 0.25) is 0 Å². The van der Waals surface area contributed by atoms with Gasteiger partial charge in [0, 0.05) is 10.0 Å². The SMILES string of the molecule is COC(=O)CNC(=O)N1CC(O)C1.Cc1ccc(Cl)cc1Cl. The largest absolute Gasteiger partial charge is 0.468 e. The fraction of sp³-hybridized carbons (Fsp3) is 0.429. The Hall–Kier alpha value is -1.50. The zero-order valence-corrected chi connectivity index (χ0v) is 13.8. The molecular formula is C14H18Cl2N2O4. The Morgan fingerprint density at radius 2 is 2.05 bits per heavy atom. The van der Waals surface area contributed by atoms with E-state index in [1.54, 1.807) is 6.07 Å². The Morgan fingerprint density at radius 1 is 1.41 bits per heavy atom. The average molecular weight is 349 g/mol. The van der Waals surface area contributed by atoms with Gasteiger partial charge < -0.3 is 20.1 Å². The minimum Gasteiger partial charge on any atom is -0.468 e. The standard InChI is InChI=1S/C7H6Cl2.C7H12N2O4/c1-5-2-3-6(8)4-7(5)9;1-13-6(11)2-8-7(12)9-3-5(10)4-9/h2-4H,1H3;5,10H,2-4H2,1H3,(H,8,12). The maximum atomic E-state index is 11.1. The number of β-amino-alcohol motifs (C(OH)–C–C–N with tert-alkyl or cyclic N) is 1. The van der Waals surface area contributed by atoms with Crippen LogP contribution in [-0.4, -0.2) is 54.9 Å². The second kappa shape index (κ2) is 8.82. The summed E-state index contributed by atoms with van der Waals surface area (Å²) in [5.74, 6) is -0.491. The third-order valence-corrected chi connectivity index (χ3v) is 3.54. The maximum absolute atomic E-state index is 11.1. The molecule has 0 saturated carbocycles. The second-order valence-corrected chi connectivity index (χ2v) is 5.53. The number of aryl methyl sites for hydroxylation is 1. The Morgan fingerprint density at radius 3 is 2.50 bits per heavy atom. The summed E-state index contributed by atoms with van der Waals surface area (Å²) in [4.78, 5) is 23.1. The van der Waals surface area contributed by atoms with Crippen molar-refractivity contribution >= 4 is 35.2 Å². The number of ether oxygens (including phenoxy) is 1. The van der Waals surface area contributed by atoms with E-state index in [2.05, 4.69) is 10.1 Å². The molecule has 0 unspecified atom stereocenters. The molecule has 1 heterocycles. The molecule has 0 bridgehead atoms. The molecule has 0 aliphatic carbocycles. The summed E-state index contributed by atoms with van der Waals surface area (Å²) in [5.41, 5.74) is 1.06. The minimum absolute atomic E-state index is 0.137. The van der Waals surface area contributed by atoms with Gasteiger partial charge in [-0.3, -0.25) is 4.79 Å². The van der Waals surface area contributed by atoms with Crippen molar-refractivity contribution in [2.45, 2.75) is 13.0 Å². The molecule has 1 aromatic carbocycles. The summed E-state index contributed by atoms with van der Waals surface area (Å²) in [6.45, 7) is 2.46. The number of aliphatic hydroxyl groups excluding tert-OH is 1. The number of hydrogen-bond acceptors (Lipinski definition) is 4. The van der Waals surface area contributed by atoms with E-state index in [-0.39, 0.29) is 12.6 Å². The molecule has 8 heteroatoms. The number of nitrogens with zero attached hydrogens (tertiary/aromatic N) is 1. The molecule has 0 atom stereocenters. The van der Waals surface area contributed by atoms with Crippen molar-refractivity contribution in [2.24, 2.45) is 0 Å². The maximum Gasteiger partial charge on any atom is 0.325 e. The van der Waals surface area contributed by atoms with Crippen molar-refractivity contribution in [3.63, 3.8) is 0 Å². The lowest BCUT2D eigenvalue weighted by Gasteiger charge is -2.35. The van der Waals surface area contributed by atoms with Gasteiger partial charge in [0.1, 0.15) is 6.54 Å². The first-order valence-corrected chi connectivity index (χ1v) is 7.28. The molecule has 1 aromatic rings. The van der Waals surface area contributed by atoms with E-state index in [1.165, 1.54) is 12.0 Å². The van der Waals surface area contributed by atoms with Gasteiger partial charge in [0.15, 0.2) is 0 Å². The van der Waals surface area contributed by atoms with Crippen LogP contribution in [0.2, 0.25) is 10.0 Å². The number of urea groups is 1. The van der Waals surface area contributed by atoms with Crippen molar-refractivity contribution in [3.8, 4) is 0 Å². The highest BCUT2D eigenvalue weighted by molar-refractivity contribution is 6.35. The van der Waals surface area contributed by atoms with Gasteiger partial charge >= 0.3 is 12.0 Å². The van der Waals surface area contributed by atoms with Crippen LogP contribution in [-0.2, 0) is 9.53 Å². The van der Waals surface area contributed by atoms with E-state index in [4.69, 9.17) is 28.3 Å². The molecule has 0 aromatic heterocycles. The van der Waals surface area contributed by atoms with Crippen LogP contribution in [0.4, 0.5) is 4.79 Å². The summed E-state index contributed by atoms with van der Waals surface area (Å²) in [7, 11) is 1.25. The van der Waals surface area contributed by atoms with Gasteiger partial charge in [-0.2, -0.15) is 0 Å². The topological polar surface area (TPSA) is 78.9 Å². The van der Waals surface area contributed by atoms with Crippen LogP contribution in [0.3, 0.4) is 0 Å². The van der Waals surface area contributed by atoms with Crippen molar-refractivity contribution in [1.82, 2.24) is 10.2 Å². The number of esters is 1. The van der Waals surface area contributed by atoms with Gasteiger partial charge in [-0.15, -0.1) is 0 Å². The van der Waals surface area contributed by atoms with Crippen LogP contribution in [0.15, 0.2) is 18.2 Å². The van der Waals surface area contributed by atoms with Crippen LogP contribution in [0, 0.1) is 6.92 Å². The molecule has 2 amide bonds. The minimum atomic E-state index is -0.491. The van der Waals surface area contributed by atoms with Gasteiger partial charge in [-0.05, 0) is 24.6 Å². The lowest BCUT2D eigenvalue weighted by Crippen LogP contribution is -2.57. The molecule has 122 valence electrons. The third-order valence-electron chi connectivity index (χ3n) is 2.89. The number of carbonyl (C=O) groups excluding carboxylic acids is 2. The molecular weight excluding hydrogens is 331 g/mol. The van der Waals surface area contributed by atoms with Crippen molar-refractivity contribution < 1.29 is 19.4 Å². The number of methoxy groups -OCH3 is 1. The van der Waals surface area contributed by atoms with Crippen LogP contribution in [0.25, 0.3) is 0 Å². The molecule has 1 fully saturated rings. The number of likely N-dealkylation sites (tertiary alicyclic amines) is 1. The molecule has 1 aliphatic heterocycles. The van der Waals surface area contributed by atoms with E-state index >= 15 is 0 Å². The summed E-state index contributed by atoms with van der Waals surface area (Å²) in [6.07, 6.45) is -0.427. The summed E-state index contributed by atoms with van der Waals surface area (Å²) < 4.78 is 4.33. The van der Waals surface area contributed by atoms with E-state index in [9.17, 15) is 9.59 Å². The molecule has 6 nitrogen and oxygen atoms in total. The van der Waals surface area contributed by atoms with Crippen LogP contribution >= 0.6 is 23.2 Å². The number of halogens is 2. The van der Waals surface area contributed by atoms with Gasteiger partial charge in [0.25, 0.3) is 0 Å². The predicted octanol–water partition coefficient (Wildman–Crippen LogP) is 1.85. The van der Waals surface area contributed by atoms with Crippen molar-refractivity contribution in [3.05, 3.63) is 33.8 Å². The first-order chi connectivity index (χ1) is 10.3. The van der Waals surface area contributed by atoms with Gasteiger partial charge in [-0.1, -0.05) is 29.3 Å². The first kappa shape index (κ1) is 18.5. The molecule has 2 rings (SSSR count). The van der Waals surface area contributed by atoms with E-state index in [1.807, 2.05) is 19.1 Å². The Balaban J connectivity index is 0.000000235. The highest BCUT2D eigenvalue weighted by Crippen LogP contribution is 2.19. The quantitative estimate of drug-likeness (QED) is 0.799. The predicted molar refractivity (Wildman–Crippen MR) is 84.2 cm³/mol. The van der Waals surface area contributed by atoms with Crippen molar-refractivity contribution in [1.29, 1.82) is 0 Å². The zero-order chi connectivity index (χ0) is 16.7. The van der Waals surface area contributed by atoms with E-state index < -0.39 is 12.1 Å². The Labute approximate surface area is 138 Å². The highest BCUT2D eigenvalue weighted by atomic mass is 35.5.